The first-order valence-corrected chi connectivity index (χ1v) is 14.5. The van der Waals surface area contributed by atoms with E-state index in [0.29, 0.717) is 23.5 Å². The molecule has 2 fully saturated rings. The highest BCUT2D eigenvalue weighted by Gasteiger charge is 2.47. The number of nitrogens with zero attached hydrogens (tertiary/aromatic N) is 2. The summed E-state index contributed by atoms with van der Waals surface area (Å²) in [6.07, 6.45) is 2.20. The first kappa shape index (κ1) is 25.5. The van der Waals surface area contributed by atoms with Gasteiger partial charge >= 0.3 is 0 Å². The van der Waals surface area contributed by atoms with Crippen molar-refractivity contribution in [2.45, 2.75) is 74.8 Å². The number of carbonyl (C=O) groups is 1. The number of sulfonamides is 1. The number of amides is 1. The molecule has 0 saturated heterocycles. The fraction of sp³-hybridized carbons (Fsp3) is 0.591. The molecule has 5 rings (SSSR count). The van der Waals surface area contributed by atoms with Crippen LogP contribution in [0.25, 0.3) is 0 Å². The average molecular weight is 559 g/mol. The zero-order valence-corrected chi connectivity index (χ0v) is 22.3. The van der Waals surface area contributed by atoms with Crippen molar-refractivity contribution in [3.63, 3.8) is 0 Å². The summed E-state index contributed by atoms with van der Waals surface area (Å²) in [5.41, 5.74) is 1.45. The monoisotopic (exact) mass is 558 g/mol. The summed E-state index contributed by atoms with van der Waals surface area (Å²) in [7, 11) is -2.33. The van der Waals surface area contributed by atoms with Gasteiger partial charge in [-0.3, -0.25) is 9.48 Å². The molecule has 2 aromatic rings. The fourth-order valence-corrected chi connectivity index (χ4v) is 8.18. The van der Waals surface area contributed by atoms with Crippen molar-refractivity contribution >= 4 is 55.4 Å². The van der Waals surface area contributed by atoms with E-state index in [2.05, 4.69) is 25.8 Å². The van der Waals surface area contributed by atoms with Crippen LogP contribution in [0.3, 0.4) is 0 Å². The second kappa shape index (κ2) is 9.30. The summed E-state index contributed by atoms with van der Waals surface area (Å²) in [4.78, 5) is 13.4. The summed E-state index contributed by atoms with van der Waals surface area (Å²) >= 11 is 6.73. The normalized spacial score (nSPS) is 21.4. The molecule has 3 aliphatic carbocycles. The minimum atomic E-state index is -4.13. The number of fused-ring (bicyclic) bond motifs is 1. The third-order valence-electron chi connectivity index (χ3n) is 6.66. The number of thiophene rings is 1. The van der Waals surface area contributed by atoms with Gasteiger partial charge in [-0.15, -0.1) is 11.3 Å². The molecule has 9 nitrogen and oxygen atoms in total. The summed E-state index contributed by atoms with van der Waals surface area (Å²) in [5, 5.41) is 14.1. The lowest BCUT2D eigenvalue weighted by molar-refractivity contribution is -0.117. The van der Waals surface area contributed by atoms with E-state index >= 15 is 0 Å². The number of halogens is 2. The van der Waals surface area contributed by atoms with Crippen molar-refractivity contribution in [1.29, 1.82) is 0 Å². The Morgan fingerprint density at radius 2 is 1.94 bits per heavy atom. The Labute approximate surface area is 217 Å². The highest BCUT2D eigenvalue weighted by atomic mass is 32.2. The zero-order valence-electron chi connectivity index (χ0n) is 19.9. The maximum atomic E-state index is 13.4. The lowest BCUT2D eigenvalue weighted by Crippen LogP contribution is -2.50. The SMILES string of the molecule is Cc1cc(NC(=S)N[C@H]2CCc3sc(NC(=O)C4CC4)c(S(=O)(=O)NC4CC(F)(F)C4)c3C2)n(C)n1. The smallest absolute Gasteiger partial charge is 0.251 e. The Morgan fingerprint density at radius 3 is 2.56 bits per heavy atom. The molecule has 2 aromatic heterocycles. The van der Waals surface area contributed by atoms with Gasteiger partial charge < -0.3 is 16.0 Å². The largest absolute Gasteiger partial charge is 0.359 e. The summed E-state index contributed by atoms with van der Waals surface area (Å²) in [6, 6.07) is 0.889. The molecule has 36 heavy (non-hydrogen) atoms. The average Bonchev–Trinajstić information content (AvgIpc) is 3.46. The summed E-state index contributed by atoms with van der Waals surface area (Å²) in [6.45, 7) is 1.88. The molecule has 0 unspecified atom stereocenters. The maximum Gasteiger partial charge on any atom is 0.251 e. The number of thiocarbonyl (C=S) groups is 1. The first-order valence-electron chi connectivity index (χ1n) is 11.8. The molecule has 0 aliphatic heterocycles. The van der Waals surface area contributed by atoms with Gasteiger partial charge in [0.1, 0.15) is 15.7 Å². The number of carbonyl (C=O) groups excluding carboxylic acids is 1. The van der Waals surface area contributed by atoms with Crippen LogP contribution in [0, 0.1) is 12.8 Å². The Morgan fingerprint density at radius 1 is 1.22 bits per heavy atom. The van der Waals surface area contributed by atoms with Crippen LogP contribution in [0.4, 0.5) is 19.6 Å². The Kier molecular flexibility index (Phi) is 6.58. The van der Waals surface area contributed by atoms with E-state index in [1.807, 2.05) is 13.0 Å². The van der Waals surface area contributed by atoms with Crippen molar-refractivity contribution < 1.29 is 22.0 Å². The molecule has 1 amide bonds. The van der Waals surface area contributed by atoms with E-state index in [1.54, 1.807) is 11.7 Å². The highest BCUT2D eigenvalue weighted by molar-refractivity contribution is 7.90. The number of aromatic nitrogens is 2. The molecule has 0 aromatic carbocycles. The van der Waals surface area contributed by atoms with Crippen LogP contribution in [-0.2, 0) is 34.7 Å². The maximum absolute atomic E-state index is 13.4. The Hall–Kier alpha value is -2.16. The molecule has 196 valence electrons. The quantitative estimate of drug-likeness (QED) is 0.386. The van der Waals surface area contributed by atoms with Crippen LogP contribution < -0.4 is 20.7 Å². The van der Waals surface area contributed by atoms with Gasteiger partial charge in [-0.25, -0.2) is 21.9 Å². The summed E-state index contributed by atoms with van der Waals surface area (Å²) in [5.74, 6) is -2.43. The molecule has 0 bridgehead atoms. The van der Waals surface area contributed by atoms with E-state index in [9.17, 15) is 22.0 Å². The lowest BCUT2D eigenvalue weighted by atomic mass is 9.89. The standard InChI is InChI=1S/C22H28F2N6O3S3/c1-11-7-17(30(2)28-11)26-21(34)25-13-5-6-16-15(8-13)18(20(35-16)27-19(31)12-3-4-12)36(32,33)29-14-9-22(23,24)10-14/h7,12-14,29H,3-6,8-10H2,1-2H3,(H,27,31)(H2,25,26,34)/t13-/m0/s1. The van der Waals surface area contributed by atoms with Gasteiger partial charge in [-0.2, -0.15) is 5.10 Å². The third-order valence-corrected chi connectivity index (χ3v) is 9.84. The Bertz CT molecular complexity index is 1310. The fourth-order valence-electron chi connectivity index (χ4n) is 4.69. The molecular weight excluding hydrogens is 530 g/mol. The second-order valence-corrected chi connectivity index (χ2v) is 13.0. The van der Waals surface area contributed by atoms with Crippen LogP contribution in [0.5, 0.6) is 0 Å². The number of anilines is 2. The van der Waals surface area contributed by atoms with Crippen molar-refractivity contribution in [2.24, 2.45) is 13.0 Å². The molecule has 3 aliphatic rings. The molecule has 2 heterocycles. The highest BCUT2D eigenvalue weighted by Crippen LogP contribution is 2.44. The molecule has 0 spiro atoms. The van der Waals surface area contributed by atoms with Gasteiger partial charge in [0.2, 0.25) is 15.9 Å². The van der Waals surface area contributed by atoms with Crippen molar-refractivity contribution in [3.8, 4) is 0 Å². The van der Waals surface area contributed by atoms with Crippen molar-refractivity contribution in [2.75, 3.05) is 10.6 Å². The first-order chi connectivity index (χ1) is 16.9. The number of rotatable bonds is 7. The van der Waals surface area contributed by atoms with E-state index in [0.717, 1.165) is 35.7 Å². The van der Waals surface area contributed by atoms with Crippen molar-refractivity contribution in [1.82, 2.24) is 19.8 Å². The second-order valence-electron chi connectivity index (χ2n) is 9.84. The Balaban J connectivity index is 1.36. The number of aryl methyl sites for hydroxylation is 3. The van der Waals surface area contributed by atoms with Gasteiger partial charge in [0.05, 0.1) is 5.69 Å². The van der Waals surface area contributed by atoms with Crippen LogP contribution >= 0.6 is 23.6 Å². The van der Waals surface area contributed by atoms with Gasteiger partial charge in [0, 0.05) is 48.8 Å². The van der Waals surface area contributed by atoms with Crippen LogP contribution in [-0.4, -0.2) is 47.2 Å². The van der Waals surface area contributed by atoms with Gasteiger partial charge in [-0.1, -0.05) is 0 Å². The van der Waals surface area contributed by atoms with Gasteiger partial charge in [0.15, 0.2) is 5.11 Å². The predicted octanol–water partition coefficient (Wildman–Crippen LogP) is 3.06. The van der Waals surface area contributed by atoms with Crippen LogP contribution in [0.2, 0.25) is 0 Å². The summed E-state index contributed by atoms with van der Waals surface area (Å²) < 4.78 is 57.6. The number of hydrogen-bond donors (Lipinski definition) is 4. The van der Waals surface area contributed by atoms with E-state index in [1.165, 1.54) is 11.3 Å². The minimum absolute atomic E-state index is 0.000599. The van der Waals surface area contributed by atoms with Crippen molar-refractivity contribution in [3.05, 3.63) is 22.2 Å². The number of hydrogen-bond acceptors (Lipinski definition) is 6. The molecule has 1 atom stereocenters. The molecule has 2 saturated carbocycles. The van der Waals surface area contributed by atoms with Gasteiger partial charge in [-0.05, 0) is 56.8 Å². The van der Waals surface area contributed by atoms with Crippen LogP contribution in [0.15, 0.2) is 11.0 Å². The lowest BCUT2D eigenvalue weighted by Gasteiger charge is -2.35. The predicted molar refractivity (Wildman–Crippen MR) is 137 cm³/mol. The van der Waals surface area contributed by atoms with E-state index in [-0.39, 0.29) is 27.8 Å². The zero-order chi connectivity index (χ0) is 25.8. The molecular formula is C22H28F2N6O3S3. The number of nitrogens with one attached hydrogen (secondary N) is 4. The van der Waals surface area contributed by atoms with E-state index < -0.39 is 34.8 Å². The van der Waals surface area contributed by atoms with E-state index in [4.69, 9.17) is 12.2 Å². The molecule has 14 heteroatoms. The van der Waals surface area contributed by atoms with Gasteiger partial charge in [0.25, 0.3) is 5.92 Å². The minimum Gasteiger partial charge on any atom is -0.359 e. The number of alkyl halides is 2. The molecule has 0 radical (unpaired) electrons. The third kappa shape index (κ3) is 5.41. The topological polar surface area (TPSA) is 117 Å². The van der Waals surface area contributed by atoms with Crippen LogP contribution in [0.1, 0.15) is 48.2 Å². The molecule has 4 N–H and O–H groups in total.